The first-order valence-corrected chi connectivity index (χ1v) is 12.2. The van der Waals surface area contributed by atoms with Crippen LogP contribution in [0.1, 0.15) is 17.5 Å². The Balaban J connectivity index is 1.37. The fourth-order valence-corrected chi connectivity index (χ4v) is 5.07. The number of halogens is 2. The van der Waals surface area contributed by atoms with Crippen LogP contribution >= 0.6 is 11.3 Å². The van der Waals surface area contributed by atoms with Gasteiger partial charge in [0.25, 0.3) is 0 Å². The highest BCUT2D eigenvalue weighted by Crippen LogP contribution is 2.27. The lowest BCUT2D eigenvalue weighted by Gasteiger charge is -2.20. The number of carbonyl (C=O) groups excluding carboxylic acids is 2. The molecule has 0 fully saturated rings. The maximum atomic E-state index is 13.5. The molecule has 11 heteroatoms. The van der Waals surface area contributed by atoms with E-state index in [2.05, 4.69) is 20.4 Å². The minimum Gasteiger partial charge on any atom is -0.340 e. The largest absolute Gasteiger partial charge is 0.340 e. The summed E-state index contributed by atoms with van der Waals surface area (Å²) in [4.78, 5) is 36.5. The first-order valence-electron chi connectivity index (χ1n) is 11.4. The zero-order valence-corrected chi connectivity index (χ0v) is 20.2. The van der Waals surface area contributed by atoms with Crippen LogP contribution in [0.3, 0.4) is 0 Å². The van der Waals surface area contributed by atoms with Crippen molar-refractivity contribution < 1.29 is 18.4 Å². The Morgan fingerprint density at radius 2 is 1.58 bits per heavy atom. The number of benzene rings is 2. The van der Waals surface area contributed by atoms with Crippen LogP contribution in [-0.2, 0) is 29.0 Å². The summed E-state index contributed by atoms with van der Waals surface area (Å²) in [5.41, 5.74) is 2.11. The van der Waals surface area contributed by atoms with Gasteiger partial charge in [0.15, 0.2) is 16.8 Å². The van der Waals surface area contributed by atoms with E-state index in [1.165, 1.54) is 47.2 Å². The van der Waals surface area contributed by atoms with E-state index < -0.39 is 0 Å². The van der Waals surface area contributed by atoms with E-state index in [-0.39, 0.29) is 30.0 Å². The quantitative estimate of drug-likeness (QED) is 0.441. The van der Waals surface area contributed by atoms with Gasteiger partial charge in [0, 0.05) is 48.9 Å². The fourth-order valence-electron chi connectivity index (χ4n) is 4.03. The molecule has 0 bridgehead atoms. The second-order valence-electron chi connectivity index (χ2n) is 8.38. The molecule has 0 spiro atoms. The van der Waals surface area contributed by atoms with E-state index in [4.69, 9.17) is 0 Å². The van der Waals surface area contributed by atoms with Gasteiger partial charge in [-0.2, -0.15) is 0 Å². The van der Waals surface area contributed by atoms with Crippen molar-refractivity contribution >= 4 is 28.3 Å². The third kappa shape index (κ3) is 5.15. The number of aromatic nitrogens is 4. The highest BCUT2D eigenvalue weighted by molar-refractivity contribution is 7.15. The molecule has 0 atom stereocenters. The van der Waals surface area contributed by atoms with Crippen LogP contribution in [-0.4, -0.2) is 49.6 Å². The van der Waals surface area contributed by atoms with E-state index in [1.54, 1.807) is 29.2 Å². The summed E-state index contributed by atoms with van der Waals surface area (Å²) in [5.74, 6) is -0.299. The Morgan fingerprint density at radius 1 is 0.944 bits per heavy atom. The first-order chi connectivity index (χ1) is 17.4. The Labute approximate surface area is 209 Å². The number of hydrogen-bond donors (Lipinski definition) is 1. The van der Waals surface area contributed by atoms with Crippen molar-refractivity contribution in [2.75, 3.05) is 18.4 Å². The van der Waals surface area contributed by atoms with Gasteiger partial charge in [-0.15, -0.1) is 16.4 Å². The van der Waals surface area contributed by atoms with Gasteiger partial charge >= 0.3 is 0 Å². The third-order valence-electron chi connectivity index (χ3n) is 5.80. The van der Waals surface area contributed by atoms with Crippen LogP contribution in [0.5, 0.6) is 0 Å². The van der Waals surface area contributed by atoms with E-state index in [0.29, 0.717) is 53.8 Å². The first kappa shape index (κ1) is 23.7. The molecule has 1 N–H and O–H groups in total. The molecule has 2 amide bonds. The molecule has 0 saturated carbocycles. The fraction of sp³-hybridized carbons (Fsp3) is 0.240. The summed E-state index contributed by atoms with van der Waals surface area (Å²) in [6.07, 6.45) is 1.22. The lowest BCUT2D eigenvalue weighted by molar-refractivity contribution is -0.131. The maximum Gasteiger partial charge on any atom is 0.244 e. The van der Waals surface area contributed by atoms with Gasteiger partial charge in [0.2, 0.25) is 11.8 Å². The highest BCUT2D eigenvalue weighted by Gasteiger charge is 2.24. The zero-order chi connectivity index (χ0) is 25.2. The molecule has 184 valence electrons. The van der Waals surface area contributed by atoms with Crippen LogP contribution in [0.4, 0.5) is 13.9 Å². The van der Waals surface area contributed by atoms with Gasteiger partial charge < -0.3 is 10.2 Å². The molecule has 0 aliphatic carbocycles. The van der Waals surface area contributed by atoms with Gasteiger partial charge in [-0.3, -0.25) is 9.59 Å². The predicted molar refractivity (Wildman–Crippen MR) is 131 cm³/mol. The SMILES string of the molecule is CC(=O)Nc1nc2c(s1)CCN(C(=O)Cn1nc(-c3ccc(F)cc3)nc1-c1ccc(F)cc1)CC2. The molecule has 0 unspecified atom stereocenters. The Hall–Kier alpha value is -3.99. The van der Waals surface area contributed by atoms with Crippen molar-refractivity contribution in [1.82, 2.24) is 24.6 Å². The van der Waals surface area contributed by atoms with Gasteiger partial charge in [-0.05, 0) is 48.5 Å². The lowest BCUT2D eigenvalue weighted by Crippen LogP contribution is -2.36. The molecule has 8 nitrogen and oxygen atoms in total. The summed E-state index contributed by atoms with van der Waals surface area (Å²) in [7, 11) is 0. The third-order valence-corrected chi connectivity index (χ3v) is 6.88. The molecule has 3 heterocycles. The second-order valence-corrected chi connectivity index (χ2v) is 9.46. The molecule has 1 aliphatic heterocycles. The minimum atomic E-state index is -0.382. The van der Waals surface area contributed by atoms with Crippen molar-refractivity contribution in [1.29, 1.82) is 0 Å². The normalized spacial score (nSPS) is 13.2. The number of nitrogens with zero attached hydrogens (tertiary/aromatic N) is 5. The topological polar surface area (TPSA) is 93.0 Å². The molecule has 2 aromatic carbocycles. The monoisotopic (exact) mass is 508 g/mol. The van der Waals surface area contributed by atoms with Gasteiger partial charge in [-0.25, -0.2) is 23.4 Å². The molecule has 36 heavy (non-hydrogen) atoms. The van der Waals surface area contributed by atoms with Crippen molar-refractivity contribution in [2.24, 2.45) is 0 Å². The Morgan fingerprint density at radius 3 is 2.25 bits per heavy atom. The Kier molecular flexibility index (Phi) is 6.55. The van der Waals surface area contributed by atoms with Crippen LogP contribution in [0, 0.1) is 11.6 Å². The van der Waals surface area contributed by atoms with Crippen molar-refractivity contribution in [3.63, 3.8) is 0 Å². The number of anilines is 1. The number of thiazole rings is 1. The van der Waals surface area contributed by atoms with E-state index in [9.17, 15) is 18.4 Å². The maximum absolute atomic E-state index is 13.5. The average Bonchev–Trinajstić information content (AvgIpc) is 3.37. The summed E-state index contributed by atoms with van der Waals surface area (Å²) < 4.78 is 28.4. The number of rotatable bonds is 5. The van der Waals surface area contributed by atoms with E-state index >= 15 is 0 Å². The molecular weight excluding hydrogens is 486 g/mol. The standard InChI is InChI=1S/C25H22F2N6O2S/c1-15(34)28-25-29-20-10-12-32(13-11-21(20)36-25)22(35)14-33-24(17-4-8-19(27)9-5-17)30-23(31-33)16-2-6-18(26)7-3-16/h2-9H,10-14H2,1H3,(H,28,29,34). The molecule has 0 saturated heterocycles. The van der Waals surface area contributed by atoms with Crippen LogP contribution in [0.25, 0.3) is 22.8 Å². The highest BCUT2D eigenvalue weighted by atomic mass is 32.1. The van der Waals surface area contributed by atoms with Gasteiger partial charge in [-0.1, -0.05) is 0 Å². The Bertz CT molecular complexity index is 1390. The summed E-state index contributed by atoms with van der Waals surface area (Å²) in [6, 6.07) is 11.6. The van der Waals surface area contributed by atoms with Crippen molar-refractivity contribution in [3.8, 4) is 22.8 Å². The van der Waals surface area contributed by atoms with Crippen LogP contribution in [0.2, 0.25) is 0 Å². The molecule has 0 radical (unpaired) electrons. The summed E-state index contributed by atoms with van der Waals surface area (Å²) >= 11 is 1.43. The van der Waals surface area contributed by atoms with Crippen LogP contribution < -0.4 is 5.32 Å². The molecular formula is C25H22F2N6O2S. The molecule has 5 rings (SSSR count). The molecule has 1 aliphatic rings. The average molecular weight is 509 g/mol. The zero-order valence-electron chi connectivity index (χ0n) is 19.4. The number of carbonyl (C=O) groups is 2. The van der Waals surface area contributed by atoms with Gasteiger partial charge in [0.05, 0.1) is 5.69 Å². The van der Waals surface area contributed by atoms with Crippen LogP contribution in [0.15, 0.2) is 48.5 Å². The van der Waals surface area contributed by atoms with E-state index in [1.807, 2.05) is 0 Å². The number of fused-ring (bicyclic) bond motifs is 1. The molecule has 2 aromatic heterocycles. The smallest absolute Gasteiger partial charge is 0.244 e. The van der Waals surface area contributed by atoms with E-state index in [0.717, 1.165) is 10.6 Å². The minimum absolute atomic E-state index is 0.0564. The second kappa shape index (κ2) is 9.94. The lowest BCUT2D eigenvalue weighted by atomic mass is 10.2. The number of nitrogens with one attached hydrogen (secondary N) is 1. The van der Waals surface area contributed by atoms with Crippen molar-refractivity contribution in [2.45, 2.75) is 26.3 Å². The van der Waals surface area contributed by atoms with Crippen molar-refractivity contribution in [3.05, 3.63) is 70.7 Å². The number of hydrogen-bond acceptors (Lipinski definition) is 6. The molecule has 4 aromatic rings. The van der Waals surface area contributed by atoms with Gasteiger partial charge in [0.1, 0.15) is 18.2 Å². The number of amides is 2. The summed E-state index contributed by atoms with van der Waals surface area (Å²) in [5, 5.41) is 7.82. The summed E-state index contributed by atoms with van der Waals surface area (Å²) in [6.45, 7) is 2.39. The predicted octanol–water partition coefficient (Wildman–Crippen LogP) is 3.93.